The fourth-order valence-electron chi connectivity index (χ4n) is 4.67. The number of nitrogens with zero attached hydrogens (tertiary/aromatic N) is 3. The molecule has 1 atom stereocenters. The zero-order valence-electron chi connectivity index (χ0n) is 19.4. The lowest BCUT2D eigenvalue weighted by Crippen LogP contribution is -2.40. The van der Waals surface area contributed by atoms with Gasteiger partial charge in [0, 0.05) is 45.3 Å². The smallest absolute Gasteiger partial charge is 0.232 e. The largest absolute Gasteiger partial charge is 0.345 e. The summed E-state index contributed by atoms with van der Waals surface area (Å²) in [5, 5.41) is 0. The summed E-state index contributed by atoms with van der Waals surface area (Å²) in [6.07, 6.45) is 5.78. The number of para-hydroxylation sites is 1. The van der Waals surface area contributed by atoms with E-state index < -0.39 is 0 Å². The Bertz CT molecular complexity index is 938. The Hall–Kier alpha value is -2.63. The molecule has 2 aliphatic heterocycles. The van der Waals surface area contributed by atoms with Crippen LogP contribution in [0.2, 0.25) is 0 Å². The molecule has 0 saturated carbocycles. The highest BCUT2D eigenvalue weighted by Crippen LogP contribution is 2.24. The minimum Gasteiger partial charge on any atom is -0.345 e. The second-order valence-electron chi connectivity index (χ2n) is 8.91. The average molecular weight is 468 g/mol. The van der Waals surface area contributed by atoms with Crippen LogP contribution in [0.25, 0.3) is 6.08 Å². The van der Waals surface area contributed by atoms with Crippen molar-refractivity contribution in [2.24, 2.45) is 5.92 Å². The number of hydrogen-bond acceptors (Lipinski definition) is 3. The lowest BCUT2D eigenvalue weighted by atomic mass is 10.0. The third-order valence-corrected chi connectivity index (χ3v) is 6.55. The van der Waals surface area contributed by atoms with Crippen molar-refractivity contribution in [2.75, 3.05) is 44.7 Å². The first kappa shape index (κ1) is 25.0. The summed E-state index contributed by atoms with van der Waals surface area (Å²) < 4.78 is 0. The Balaban J connectivity index is 0.00000306. The SMILES string of the molecule is CN1CC(C(=O)N(CCCN2CCC(=Cc3ccccc3)CC2)c2ccccc2)CC1=O.Cl. The fraction of sp³-hybridized carbons (Fsp3) is 0.407. The van der Waals surface area contributed by atoms with Gasteiger partial charge in [-0.05, 0) is 43.5 Å². The molecular weight excluding hydrogens is 434 g/mol. The molecule has 0 spiro atoms. The highest BCUT2D eigenvalue weighted by atomic mass is 35.5. The van der Waals surface area contributed by atoms with E-state index in [-0.39, 0.29) is 30.1 Å². The van der Waals surface area contributed by atoms with Gasteiger partial charge >= 0.3 is 0 Å². The van der Waals surface area contributed by atoms with E-state index in [1.54, 1.807) is 11.9 Å². The molecule has 0 radical (unpaired) electrons. The van der Waals surface area contributed by atoms with Crippen molar-refractivity contribution < 1.29 is 9.59 Å². The van der Waals surface area contributed by atoms with E-state index in [0.29, 0.717) is 19.5 Å². The molecule has 6 heteroatoms. The molecule has 0 bridgehead atoms. The summed E-state index contributed by atoms with van der Waals surface area (Å²) in [5.74, 6) is -0.113. The lowest BCUT2D eigenvalue weighted by molar-refractivity contribution is -0.127. The Kier molecular flexibility index (Phi) is 9.10. The molecule has 2 aliphatic rings. The Morgan fingerprint density at radius 1 is 1.03 bits per heavy atom. The molecule has 5 nitrogen and oxygen atoms in total. The van der Waals surface area contributed by atoms with Crippen LogP contribution in [0.15, 0.2) is 66.2 Å². The van der Waals surface area contributed by atoms with E-state index in [0.717, 1.165) is 44.6 Å². The van der Waals surface area contributed by atoms with Gasteiger partial charge in [0.05, 0.1) is 5.92 Å². The van der Waals surface area contributed by atoms with Crippen molar-refractivity contribution in [2.45, 2.75) is 25.7 Å². The number of anilines is 1. The summed E-state index contributed by atoms with van der Waals surface area (Å²) in [5.41, 5.74) is 3.72. The van der Waals surface area contributed by atoms with Gasteiger partial charge in [-0.15, -0.1) is 12.4 Å². The monoisotopic (exact) mass is 467 g/mol. The second kappa shape index (κ2) is 12.0. The zero-order chi connectivity index (χ0) is 22.3. The highest BCUT2D eigenvalue weighted by Gasteiger charge is 2.35. The molecule has 4 rings (SSSR count). The number of piperidine rings is 1. The first-order chi connectivity index (χ1) is 15.6. The number of hydrogen-bond donors (Lipinski definition) is 0. The topological polar surface area (TPSA) is 43.9 Å². The number of amides is 2. The number of rotatable bonds is 7. The third-order valence-electron chi connectivity index (χ3n) is 6.55. The van der Waals surface area contributed by atoms with Crippen molar-refractivity contribution in [3.8, 4) is 0 Å². The molecule has 33 heavy (non-hydrogen) atoms. The summed E-state index contributed by atoms with van der Waals surface area (Å²) in [4.78, 5) is 31.3. The van der Waals surface area contributed by atoms with Gasteiger partial charge in [0.25, 0.3) is 0 Å². The van der Waals surface area contributed by atoms with Crippen molar-refractivity contribution >= 4 is 36.0 Å². The molecule has 2 fully saturated rings. The maximum atomic E-state index is 13.3. The highest BCUT2D eigenvalue weighted by molar-refractivity contribution is 5.99. The van der Waals surface area contributed by atoms with Gasteiger partial charge in [0.2, 0.25) is 11.8 Å². The molecule has 0 aliphatic carbocycles. The van der Waals surface area contributed by atoms with Gasteiger partial charge < -0.3 is 14.7 Å². The van der Waals surface area contributed by atoms with Crippen LogP contribution < -0.4 is 4.90 Å². The quantitative estimate of drug-likeness (QED) is 0.602. The average Bonchev–Trinajstić information content (AvgIpc) is 3.17. The minimum absolute atomic E-state index is 0. The fourth-order valence-corrected chi connectivity index (χ4v) is 4.67. The number of carbonyl (C=O) groups excluding carboxylic acids is 2. The second-order valence-corrected chi connectivity index (χ2v) is 8.91. The van der Waals surface area contributed by atoms with Crippen LogP contribution in [0.3, 0.4) is 0 Å². The summed E-state index contributed by atoms with van der Waals surface area (Å²) in [6.45, 7) is 4.32. The van der Waals surface area contributed by atoms with Gasteiger partial charge in [-0.2, -0.15) is 0 Å². The summed E-state index contributed by atoms with van der Waals surface area (Å²) >= 11 is 0. The van der Waals surface area contributed by atoms with Crippen molar-refractivity contribution in [1.29, 1.82) is 0 Å². The molecule has 2 saturated heterocycles. The van der Waals surface area contributed by atoms with Crippen LogP contribution in [-0.4, -0.2) is 61.4 Å². The van der Waals surface area contributed by atoms with Gasteiger partial charge in [0.1, 0.15) is 0 Å². The lowest BCUT2D eigenvalue weighted by Gasteiger charge is -2.30. The van der Waals surface area contributed by atoms with Crippen molar-refractivity contribution in [1.82, 2.24) is 9.80 Å². The van der Waals surface area contributed by atoms with E-state index in [1.165, 1.54) is 11.1 Å². The number of halogens is 1. The first-order valence-electron chi connectivity index (χ1n) is 11.7. The molecule has 0 N–H and O–H groups in total. The molecule has 2 aromatic carbocycles. The van der Waals surface area contributed by atoms with Crippen molar-refractivity contribution in [3.05, 3.63) is 71.8 Å². The predicted molar refractivity (Wildman–Crippen MR) is 136 cm³/mol. The van der Waals surface area contributed by atoms with Gasteiger partial charge in [-0.1, -0.05) is 60.2 Å². The van der Waals surface area contributed by atoms with E-state index in [1.807, 2.05) is 35.2 Å². The first-order valence-corrected chi connectivity index (χ1v) is 11.7. The Morgan fingerprint density at radius 2 is 1.67 bits per heavy atom. The predicted octanol–water partition coefficient (Wildman–Crippen LogP) is 4.49. The maximum absolute atomic E-state index is 13.3. The maximum Gasteiger partial charge on any atom is 0.232 e. The standard InChI is InChI=1S/C27H33N3O2.ClH/c1-28-21-24(20-26(28)31)27(32)30(25-11-6-3-7-12-25)16-8-15-29-17-13-23(14-18-29)19-22-9-4-2-5-10-22;/h2-7,9-12,19,24H,8,13-18,20-21H2,1H3;1H. The van der Waals surface area contributed by atoms with E-state index >= 15 is 0 Å². The Labute approximate surface area is 203 Å². The van der Waals surface area contributed by atoms with Gasteiger partial charge in [0.15, 0.2) is 0 Å². The normalized spacial score (nSPS) is 18.7. The molecular formula is C27H34ClN3O2. The van der Waals surface area contributed by atoms with E-state index in [2.05, 4.69) is 41.3 Å². The molecule has 1 unspecified atom stereocenters. The van der Waals surface area contributed by atoms with Gasteiger partial charge in [-0.25, -0.2) is 0 Å². The Morgan fingerprint density at radius 3 is 2.27 bits per heavy atom. The number of benzene rings is 2. The molecule has 2 amide bonds. The van der Waals surface area contributed by atoms with Crippen LogP contribution in [-0.2, 0) is 9.59 Å². The van der Waals surface area contributed by atoms with Crippen LogP contribution in [0.1, 0.15) is 31.2 Å². The number of carbonyl (C=O) groups is 2. The summed E-state index contributed by atoms with van der Waals surface area (Å²) in [6, 6.07) is 20.4. The van der Waals surface area contributed by atoms with Crippen LogP contribution in [0, 0.1) is 5.92 Å². The van der Waals surface area contributed by atoms with Crippen LogP contribution in [0.4, 0.5) is 5.69 Å². The van der Waals surface area contributed by atoms with E-state index in [9.17, 15) is 9.59 Å². The third kappa shape index (κ3) is 6.68. The molecule has 2 aromatic rings. The molecule has 2 heterocycles. The van der Waals surface area contributed by atoms with Crippen LogP contribution in [0.5, 0.6) is 0 Å². The molecule has 0 aromatic heterocycles. The van der Waals surface area contributed by atoms with E-state index in [4.69, 9.17) is 0 Å². The molecule has 176 valence electrons. The summed E-state index contributed by atoms with van der Waals surface area (Å²) in [7, 11) is 1.78. The van der Waals surface area contributed by atoms with Crippen LogP contribution >= 0.6 is 12.4 Å². The van der Waals surface area contributed by atoms with Gasteiger partial charge in [-0.3, -0.25) is 9.59 Å². The number of likely N-dealkylation sites (tertiary alicyclic amines) is 2. The van der Waals surface area contributed by atoms with Crippen molar-refractivity contribution in [3.63, 3.8) is 0 Å². The zero-order valence-corrected chi connectivity index (χ0v) is 20.2. The minimum atomic E-state index is -0.242.